The van der Waals surface area contributed by atoms with Crippen molar-refractivity contribution in [1.29, 1.82) is 0 Å². The first-order chi connectivity index (χ1) is 18.3. The van der Waals surface area contributed by atoms with Crippen LogP contribution in [0.15, 0.2) is 66.9 Å². The van der Waals surface area contributed by atoms with E-state index in [9.17, 15) is 14.4 Å². The Hall–Kier alpha value is -3.86. The van der Waals surface area contributed by atoms with Gasteiger partial charge in [-0.05, 0) is 37.0 Å². The quantitative estimate of drug-likeness (QED) is 0.266. The van der Waals surface area contributed by atoms with E-state index in [1.165, 1.54) is 0 Å². The standard InChI is InChI=1S/C28H35N7O3/c29-21(11-13-26(36)35-16-22(30)23(31)17-35)27(37)34-25(12-10-18-6-2-1-3-7-18)28(38)33-20-14-19-8-4-5-9-24(19)32-15-20/h1-9,14-15,21-23,25H,10-13,16-17,29-31H2,(H,33,38)(H,34,37). The summed E-state index contributed by atoms with van der Waals surface area (Å²) in [4.78, 5) is 44.7. The van der Waals surface area contributed by atoms with Gasteiger partial charge in [-0.15, -0.1) is 0 Å². The van der Waals surface area contributed by atoms with Gasteiger partial charge in [0.05, 0.1) is 23.4 Å². The number of amides is 3. The number of carbonyl (C=O) groups excluding carboxylic acids is 3. The minimum atomic E-state index is -0.946. The van der Waals surface area contributed by atoms with Crippen molar-refractivity contribution in [1.82, 2.24) is 15.2 Å². The van der Waals surface area contributed by atoms with Crippen LogP contribution < -0.4 is 27.8 Å². The summed E-state index contributed by atoms with van der Waals surface area (Å²) in [6.45, 7) is 0.791. The van der Waals surface area contributed by atoms with E-state index in [4.69, 9.17) is 17.2 Å². The number of nitrogens with zero attached hydrogens (tertiary/aromatic N) is 2. The molecule has 1 fully saturated rings. The second-order valence-electron chi connectivity index (χ2n) is 9.76. The number of hydrogen-bond donors (Lipinski definition) is 5. The fourth-order valence-electron chi connectivity index (χ4n) is 4.50. The van der Waals surface area contributed by atoms with Gasteiger partial charge in [0.15, 0.2) is 0 Å². The first-order valence-electron chi connectivity index (χ1n) is 12.8. The Labute approximate surface area is 221 Å². The molecular formula is C28H35N7O3. The summed E-state index contributed by atoms with van der Waals surface area (Å²) in [5.41, 5.74) is 20.3. The summed E-state index contributed by atoms with van der Waals surface area (Å²) in [5.74, 6) is -0.994. The fourth-order valence-corrected chi connectivity index (χ4v) is 4.50. The van der Waals surface area contributed by atoms with Gasteiger partial charge in [-0.3, -0.25) is 19.4 Å². The van der Waals surface area contributed by atoms with E-state index in [1.54, 1.807) is 11.1 Å². The Bertz CT molecular complexity index is 1260. The predicted molar refractivity (Wildman–Crippen MR) is 147 cm³/mol. The zero-order valence-corrected chi connectivity index (χ0v) is 21.3. The third-order valence-corrected chi connectivity index (χ3v) is 6.83. The molecule has 3 aromatic rings. The smallest absolute Gasteiger partial charge is 0.247 e. The average Bonchev–Trinajstić information content (AvgIpc) is 3.27. The van der Waals surface area contributed by atoms with Gasteiger partial charge in [-0.2, -0.15) is 0 Å². The van der Waals surface area contributed by atoms with Crippen molar-refractivity contribution in [2.75, 3.05) is 18.4 Å². The molecule has 0 bridgehead atoms. The highest BCUT2D eigenvalue weighted by Gasteiger charge is 2.31. The van der Waals surface area contributed by atoms with Gasteiger partial charge in [0, 0.05) is 37.0 Å². The number of benzene rings is 2. The Morgan fingerprint density at radius 2 is 1.63 bits per heavy atom. The van der Waals surface area contributed by atoms with Gasteiger partial charge in [0.1, 0.15) is 6.04 Å². The van der Waals surface area contributed by atoms with E-state index in [0.29, 0.717) is 31.6 Å². The maximum atomic E-state index is 13.3. The number of likely N-dealkylation sites (tertiary alicyclic amines) is 1. The first kappa shape index (κ1) is 27.2. The SMILES string of the molecule is NC(CCC(=O)N1CC(N)C(N)C1)C(=O)NC(CCc1ccccc1)C(=O)Nc1cnc2ccccc2c1. The summed E-state index contributed by atoms with van der Waals surface area (Å²) >= 11 is 0. The minimum absolute atomic E-state index is 0.0949. The van der Waals surface area contributed by atoms with E-state index in [0.717, 1.165) is 16.5 Å². The average molecular weight is 518 g/mol. The summed E-state index contributed by atoms with van der Waals surface area (Å²) in [7, 11) is 0. The van der Waals surface area contributed by atoms with Gasteiger partial charge < -0.3 is 32.7 Å². The van der Waals surface area contributed by atoms with Gasteiger partial charge in [0.25, 0.3) is 0 Å². The zero-order valence-electron chi connectivity index (χ0n) is 21.3. The first-order valence-corrected chi connectivity index (χ1v) is 12.8. The number of nitrogens with two attached hydrogens (primary N) is 3. The maximum Gasteiger partial charge on any atom is 0.247 e. The van der Waals surface area contributed by atoms with Crippen LogP contribution in [0.25, 0.3) is 10.9 Å². The van der Waals surface area contributed by atoms with Gasteiger partial charge in [-0.25, -0.2) is 0 Å². The maximum absolute atomic E-state index is 13.3. The summed E-state index contributed by atoms with van der Waals surface area (Å²) in [6.07, 6.45) is 2.78. The molecule has 3 amide bonds. The van der Waals surface area contributed by atoms with Crippen LogP contribution in [0, 0.1) is 0 Å². The molecule has 8 N–H and O–H groups in total. The van der Waals surface area contributed by atoms with E-state index in [-0.39, 0.29) is 36.7 Å². The van der Waals surface area contributed by atoms with Crippen molar-refractivity contribution in [2.24, 2.45) is 17.2 Å². The van der Waals surface area contributed by atoms with E-state index < -0.39 is 18.0 Å². The van der Waals surface area contributed by atoms with Gasteiger partial charge >= 0.3 is 0 Å². The Morgan fingerprint density at radius 1 is 0.947 bits per heavy atom. The molecule has 2 aromatic carbocycles. The topological polar surface area (TPSA) is 169 Å². The third kappa shape index (κ3) is 7.12. The monoisotopic (exact) mass is 517 g/mol. The lowest BCUT2D eigenvalue weighted by molar-refractivity contribution is -0.131. The lowest BCUT2D eigenvalue weighted by Gasteiger charge is -2.21. The Kier molecular flexibility index (Phi) is 9.01. The van der Waals surface area contributed by atoms with Crippen molar-refractivity contribution in [3.63, 3.8) is 0 Å². The molecule has 0 radical (unpaired) electrons. The Balaban J connectivity index is 1.38. The highest BCUT2D eigenvalue weighted by Crippen LogP contribution is 2.17. The van der Waals surface area contributed by atoms with Crippen LogP contribution in [0.4, 0.5) is 5.69 Å². The van der Waals surface area contributed by atoms with Crippen LogP contribution in [0.2, 0.25) is 0 Å². The third-order valence-electron chi connectivity index (χ3n) is 6.83. The van der Waals surface area contributed by atoms with Crippen LogP contribution >= 0.6 is 0 Å². The molecule has 4 atom stereocenters. The highest BCUT2D eigenvalue weighted by molar-refractivity contribution is 5.99. The molecule has 4 unspecified atom stereocenters. The second kappa shape index (κ2) is 12.6. The summed E-state index contributed by atoms with van der Waals surface area (Å²) in [6, 6.07) is 16.9. The predicted octanol–water partition coefficient (Wildman–Crippen LogP) is 0.895. The van der Waals surface area contributed by atoms with E-state index in [1.807, 2.05) is 60.7 Å². The van der Waals surface area contributed by atoms with Crippen molar-refractivity contribution in [2.45, 2.75) is 49.9 Å². The largest absolute Gasteiger partial charge is 0.343 e. The molecule has 0 spiro atoms. The number of carbonyl (C=O) groups is 3. The summed E-state index contributed by atoms with van der Waals surface area (Å²) < 4.78 is 0. The molecule has 38 heavy (non-hydrogen) atoms. The number of aromatic nitrogens is 1. The Morgan fingerprint density at radius 3 is 2.37 bits per heavy atom. The van der Waals surface area contributed by atoms with Gasteiger partial charge in [0.2, 0.25) is 17.7 Å². The lowest BCUT2D eigenvalue weighted by Crippen LogP contribution is -2.50. The lowest BCUT2D eigenvalue weighted by atomic mass is 10.0. The van der Waals surface area contributed by atoms with Crippen molar-refractivity contribution < 1.29 is 14.4 Å². The highest BCUT2D eigenvalue weighted by atomic mass is 16.2. The number of rotatable bonds is 10. The van der Waals surface area contributed by atoms with Crippen LogP contribution in [-0.4, -0.2) is 64.9 Å². The number of aryl methyl sites for hydroxylation is 1. The number of anilines is 1. The fraction of sp³-hybridized carbons (Fsp3) is 0.357. The second-order valence-corrected chi connectivity index (χ2v) is 9.76. The molecule has 0 aliphatic carbocycles. The van der Waals surface area contributed by atoms with Crippen LogP contribution in [0.3, 0.4) is 0 Å². The van der Waals surface area contributed by atoms with Crippen LogP contribution in [0.5, 0.6) is 0 Å². The minimum Gasteiger partial charge on any atom is -0.343 e. The van der Waals surface area contributed by atoms with Crippen LogP contribution in [0.1, 0.15) is 24.8 Å². The number of para-hydroxylation sites is 1. The van der Waals surface area contributed by atoms with Crippen molar-refractivity contribution >= 4 is 34.3 Å². The van der Waals surface area contributed by atoms with Crippen molar-refractivity contribution in [3.8, 4) is 0 Å². The molecule has 1 aliphatic heterocycles. The molecule has 4 rings (SSSR count). The number of nitrogens with one attached hydrogen (secondary N) is 2. The molecule has 1 saturated heterocycles. The van der Waals surface area contributed by atoms with Gasteiger partial charge in [-0.1, -0.05) is 48.5 Å². The van der Waals surface area contributed by atoms with E-state index >= 15 is 0 Å². The molecular weight excluding hydrogens is 482 g/mol. The van der Waals surface area contributed by atoms with E-state index in [2.05, 4.69) is 15.6 Å². The molecule has 10 heteroatoms. The molecule has 0 saturated carbocycles. The van der Waals surface area contributed by atoms with Crippen LogP contribution in [-0.2, 0) is 20.8 Å². The molecule has 200 valence electrons. The molecule has 2 heterocycles. The number of fused-ring (bicyclic) bond motifs is 1. The summed E-state index contributed by atoms with van der Waals surface area (Å²) in [5, 5.41) is 6.55. The number of pyridine rings is 1. The van der Waals surface area contributed by atoms with Crippen molar-refractivity contribution in [3.05, 3.63) is 72.4 Å². The number of hydrogen-bond acceptors (Lipinski definition) is 7. The molecule has 1 aliphatic rings. The molecule has 1 aromatic heterocycles. The molecule has 10 nitrogen and oxygen atoms in total. The normalized spacial score (nSPS) is 18.7. The zero-order chi connectivity index (χ0) is 27.1.